The van der Waals surface area contributed by atoms with E-state index in [1.54, 1.807) is 12.1 Å². The number of nitrogens with zero attached hydrogens (tertiary/aromatic N) is 2. The number of halogens is 1. The van der Waals surface area contributed by atoms with Crippen LogP contribution in [0.5, 0.6) is 0 Å². The van der Waals surface area contributed by atoms with Crippen LogP contribution in [0.15, 0.2) is 18.2 Å². The summed E-state index contributed by atoms with van der Waals surface area (Å²) in [6.45, 7) is 4.59. The summed E-state index contributed by atoms with van der Waals surface area (Å²) in [5.74, 6) is -0.758. The quantitative estimate of drug-likeness (QED) is 0.452. The van der Waals surface area contributed by atoms with Gasteiger partial charge in [-0.25, -0.2) is 9.18 Å². The number of ether oxygens (including phenoxy) is 2. The van der Waals surface area contributed by atoms with Crippen LogP contribution in [0.1, 0.15) is 38.2 Å². The largest absolute Gasteiger partial charge is 0.444 e. The van der Waals surface area contributed by atoms with Crippen LogP contribution in [0.2, 0.25) is 0 Å². The molecule has 4 N–H and O–H groups in total. The van der Waals surface area contributed by atoms with Crippen molar-refractivity contribution in [2.24, 2.45) is 11.7 Å². The first-order valence-corrected chi connectivity index (χ1v) is 11.1. The molecule has 0 aromatic heterocycles. The predicted molar refractivity (Wildman–Crippen MR) is 118 cm³/mol. The molecule has 1 aliphatic heterocycles. The lowest BCUT2D eigenvalue weighted by Crippen LogP contribution is -2.51. The molecule has 1 aliphatic carbocycles. The fourth-order valence-electron chi connectivity index (χ4n) is 4.35. The van der Waals surface area contributed by atoms with Crippen molar-refractivity contribution in [3.8, 4) is 0 Å². The number of alkyl carbamates (subject to hydrolysis) is 1. The minimum atomic E-state index is -0.912. The van der Waals surface area contributed by atoms with Crippen molar-refractivity contribution in [2.75, 3.05) is 37.7 Å². The van der Waals surface area contributed by atoms with Gasteiger partial charge in [-0.1, -0.05) is 12.1 Å². The number of nitrogens with one attached hydrogen (secondary N) is 2. The van der Waals surface area contributed by atoms with E-state index in [1.165, 1.54) is 6.07 Å². The molecule has 0 bridgehead atoms. The highest BCUT2D eigenvalue weighted by atomic mass is 19.1. The van der Waals surface area contributed by atoms with E-state index in [2.05, 4.69) is 0 Å². The molecule has 1 aromatic carbocycles. The smallest absolute Gasteiger partial charge is 0.414 e. The van der Waals surface area contributed by atoms with Gasteiger partial charge in [0.25, 0.3) is 0 Å². The first kappa shape index (κ1) is 23.8. The fourth-order valence-corrected chi connectivity index (χ4v) is 4.35. The van der Waals surface area contributed by atoms with Gasteiger partial charge in [0.15, 0.2) is 11.8 Å². The number of rotatable bonds is 6. The van der Waals surface area contributed by atoms with E-state index in [-0.39, 0.29) is 30.1 Å². The van der Waals surface area contributed by atoms with Gasteiger partial charge in [-0.2, -0.15) is 0 Å². The zero-order valence-corrected chi connectivity index (χ0v) is 18.4. The lowest BCUT2D eigenvalue weighted by Gasteiger charge is -2.39. The van der Waals surface area contributed by atoms with Crippen LogP contribution in [-0.2, 0) is 20.9 Å². The van der Waals surface area contributed by atoms with Crippen molar-refractivity contribution in [3.63, 3.8) is 0 Å². The minimum Gasteiger partial charge on any atom is -0.444 e. The van der Waals surface area contributed by atoms with E-state index < -0.39 is 17.9 Å². The summed E-state index contributed by atoms with van der Waals surface area (Å²) < 4.78 is 25.6. The molecule has 2 fully saturated rings. The number of carbonyl (C=O) groups excluding carboxylic acids is 2. The molecule has 32 heavy (non-hydrogen) atoms. The number of guanidine groups is 1. The maximum Gasteiger partial charge on any atom is 0.414 e. The lowest BCUT2D eigenvalue weighted by molar-refractivity contribution is -0.137. The van der Waals surface area contributed by atoms with Gasteiger partial charge in [0.1, 0.15) is 6.61 Å². The third kappa shape index (κ3) is 6.09. The molecule has 0 spiro atoms. The van der Waals surface area contributed by atoms with Gasteiger partial charge in [0.2, 0.25) is 5.91 Å². The van der Waals surface area contributed by atoms with E-state index in [0.717, 1.165) is 25.7 Å². The summed E-state index contributed by atoms with van der Waals surface area (Å²) in [6, 6.07) is 4.92. The number of hydrogen-bond acceptors (Lipinski definition) is 6. The van der Waals surface area contributed by atoms with Crippen molar-refractivity contribution < 1.29 is 23.5 Å². The molecular weight excluding hydrogens is 417 g/mol. The highest BCUT2D eigenvalue weighted by Crippen LogP contribution is 2.29. The van der Waals surface area contributed by atoms with Crippen molar-refractivity contribution in [3.05, 3.63) is 29.6 Å². The van der Waals surface area contributed by atoms with Crippen LogP contribution in [0.25, 0.3) is 0 Å². The Labute approximate surface area is 187 Å². The molecule has 10 heteroatoms. The normalized spacial score (nSPS) is 21.2. The van der Waals surface area contributed by atoms with Crippen molar-refractivity contribution in [1.82, 2.24) is 10.2 Å². The third-order valence-electron chi connectivity index (χ3n) is 6.01. The van der Waals surface area contributed by atoms with Crippen molar-refractivity contribution in [2.45, 2.75) is 45.3 Å². The second kappa shape index (κ2) is 11.1. The van der Waals surface area contributed by atoms with Crippen molar-refractivity contribution >= 4 is 23.6 Å². The van der Waals surface area contributed by atoms with Gasteiger partial charge in [-0.15, -0.1) is 0 Å². The number of piperazine rings is 1. The van der Waals surface area contributed by atoms with E-state index >= 15 is 4.39 Å². The second-order valence-electron chi connectivity index (χ2n) is 8.11. The first-order chi connectivity index (χ1) is 15.4. The van der Waals surface area contributed by atoms with Gasteiger partial charge in [-0.3, -0.25) is 15.5 Å². The van der Waals surface area contributed by atoms with Gasteiger partial charge < -0.3 is 25.0 Å². The monoisotopic (exact) mass is 449 g/mol. The molecule has 0 unspecified atom stereocenters. The maximum absolute atomic E-state index is 15.0. The Balaban J connectivity index is 1.52. The first-order valence-electron chi connectivity index (χ1n) is 11.1. The predicted octanol–water partition coefficient (Wildman–Crippen LogP) is 2.19. The Hall–Kier alpha value is -2.88. The molecule has 0 radical (unpaired) electrons. The number of amides is 2. The Morgan fingerprint density at radius 2 is 1.88 bits per heavy atom. The Bertz CT molecular complexity index is 821. The lowest BCUT2D eigenvalue weighted by atomic mass is 9.86. The molecule has 2 amide bonds. The Morgan fingerprint density at radius 1 is 1.19 bits per heavy atom. The summed E-state index contributed by atoms with van der Waals surface area (Å²) in [6.07, 6.45) is 2.93. The number of anilines is 1. The standard InChI is InChI=1S/C22H32FN5O4/c1-2-31-17-8-6-15(7-9-17)20(29)28-12-10-27(11-13-28)18-5-3-4-16(19(18)23)14-32-22(30)26-21(24)25/h3-5,15,17H,2,6-14H2,1H3,(H4,24,25,26,30)/t15-,17+. The highest BCUT2D eigenvalue weighted by molar-refractivity contribution is 5.90. The summed E-state index contributed by atoms with van der Waals surface area (Å²) in [7, 11) is 0. The third-order valence-corrected chi connectivity index (χ3v) is 6.01. The molecule has 9 nitrogen and oxygen atoms in total. The number of carbonyl (C=O) groups is 2. The molecule has 176 valence electrons. The van der Waals surface area contributed by atoms with Gasteiger partial charge in [0.05, 0.1) is 11.8 Å². The Morgan fingerprint density at radius 3 is 2.50 bits per heavy atom. The Kier molecular flexibility index (Phi) is 8.26. The van der Waals surface area contributed by atoms with Gasteiger partial charge in [0, 0.05) is 44.3 Å². The molecule has 1 aromatic rings. The minimum absolute atomic E-state index is 0.0524. The average Bonchev–Trinajstić information content (AvgIpc) is 2.78. The summed E-state index contributed by atoms with van der Waals surface area (Å²) >= 11 is 0. The maximum atomic E-state index is 15.0. The molecule has 2 aliphatic rings. The van der Waals surface area contributed by atoms with Crippen LogP contribution >= 0.6 is 0 Å². The van der Waals surface area contributed by atoms with Crippen LogP contribution in [-0.4, -0.2) is 61.7 Å². The summed E-state index contributed by atoms with van der Waals surface area (Å²) in [4.78, 5) is 28.2. The van der Waals surface area contributed by atoms with Crippen molar-refractivity contribution in [1.29, 1.82) is 5.41 Å². The molecule has 1 heterocycles. The molecule has 3 rings (SSSR count). The van der Waals surface area contributed by atoms with E-state index in [4.69, 9.17) is 20.6 Å². The molecule has 0 atom stereocenters. The molecular formula is C22H32FN5O4. The summed E-state index contributed by atoms with van der Waals surface area (Å²) in [5.41, 5.74) is 5.72. The SMILES string of the molecule is CCO[C@H]1CC[C@@H](C(=O)N2CCN(c3cccc(COC(=O)NC(=N)N)c3F)CC2)CC1. The van der Waals surface area contributed by atoms with E-state index in [0.29, 0.717) is 38.5 Å². The topological polar surface area (TPSA) is 121 Å². The fraction of sp³-hybridized carbons (Fsp3) is 0.591. The number of benzene rings is 1. The number of hydrogen-bond donors (Lipinski definition) is 3. The second-order valence-corrected chi connectivity index (χ2v) is 8.11. The average molecular weight is 450 g/mol. The van der Waals surface area contributed by atoms with Crippen LogP contribution in [0.4, 0.5) is 14.9 Å². The van der Waals surface area contributed by atoms with E-state index in [1.807, 2.05) is 22.0 Å². The van der Waals surface area contributed by atoms with Crippen LogP contribution in [0.3, 0.4) is 0 Å². The number of nitrogens with two attached hydrogens (primary N) is 1. The zero-order chi connectivity index (χ0) is 23.1. The molecule has 1 saturated carbocycles. The summed E-state index contributed by atoms with van der Waals surface area (Å²) in [5, 5.41) is 8.99. The van der Waals surface area contributed by atoms with Gasteiger partial charge in [-0.05, 0) is 38.7 Å². The highest BCUT2D eigenvalue weighted by Gasteiger charge is 2.31. The van der Waals surface area contributed by atoms with Gasteiger partial charge >= 0.3 is 6.09 Å². The van der Waals surface area contributed by atoms with E-state index in [9.17, 15) is 9.59 Å². The van der Waals surface area contributed by atoms with Crippen LogP contribution in [0, 0.1) is 17.1 Å². The zero-order valence-electron chi connectivity index (χ0n) is 18.4. The van der Waals surface area contributed by atoms with Crippen LogP contribution < -0.4 is 16.0 Å². The molecule has 1 saturated heterocycles.